The zero-order valence-corrected chi connectivity index (χ0v) is 32.5. The van der Waals surface area contributed by atoms with Gasteiger partial charge in [-0.15, -0.1) is 11.3 Å². The van der Waals surface area contributed by atoms with Gasteiger partial charge in [-0.05, 0) is 77.4 Å². The van der Waals surface area contributed by atoms with Gasteiger partial charge in [0.15, 0.2) is 39.5 Å². The maximum absolute atomic E-state index is 10.7. The fraction of sp³-hybridized carbons (Fsp3) is 0.200. The standard InChI is InChI=1S/C38H32N2S.2CHF3O3S/c1-25-26(2)32-20-23-39-22-19-27-9-6-7-13-33(27)38(39)37(32)36-31(25)21-24-40-29(12-8-14-34(36)40)15-16-30-17-18-35(41-30)28-10-4-3-5-11-28;2*2-1(3,4)8(5,6)7/h3-19,22H,20-21,23-24H2,1-2H3;2*(H,5,6,7)/q+2;;/p-2. The van der Waals surface area contributed by atoms with Crippen LogP contribution in [0.1, 0.15) is 32.8 Å². The third-order valence-corrected chi connectivity index (χ3v) is 12.0. The lowest BCUT2D eigenvalue weighted by molar-refractivity contribution is -0.690. The Labute approximate surface area is 328 Å². The van der Waals surface area contributed by atoms with E-state index in [1.807, 2.05) is 11.3 Å². The minimum Gasteiger partial charge on any atom is -0.741 e. The molecule has 0 bridgehead atoms. The smallest absolute Gasteiger partial charge is 0.485 e. The molecule has 57 heavy (non-hydrogen) atoms. The number of alkyl halides is 6. The fourth-order valence-electron chi connectivity index (χ4n) is 7.01. The second-order valence-corrected chi connectivity index (χ2v) is 16.9. The SMILES string of the molecule is Cc1c(C)c2c(c3c1CC[n+]1ccc4ccccc4c1-3)-c1cccc(C=Cc3ccc(-c4ccccc4)s3)[n+]1CC2.O=S(=O)([O-])C(F)(F)F.O=S(=O)([O-])C(F)(F)F. The average molecular weight is 847 g/mol. The lowest BCUT2D eigenvalue weighted by Gasteiger charge is -2.27. The molecule has 3 aromatic carbocycles. The second-order valence-electron chi connectivity index (χ2n) is 13.1. The molecule has 2 aliphatic heterocycles. The van der Waals surface area contributed by atoms with Gasteiger partial charge in [-0.1, -0.05) is 48.5 Å². The minimum atomic E-state index is -6.09. The number of halogens is 6. The van der Waals surface area contributed by atoms with Crippen molar-refractivity contribution in [1.82, 2.24) is 0 Å². The van der Waals surface area contributed by atoms with Crippen molar-refractivity contribution >= 4 is 54.5 Å². The number of benzene rings is 3. The first-order chi connectivity index (χ1) is 26.7. The van der Waals surface area contributed by atoms with Crippen molar-refractivity contribution in [2.24, 2.45) is 0 Å². The summed E-state index contributed by atoms with van der Waals surface area (Å²) in [6, 6.07) is 33.1. The van der Waals surface area contributed by atoms with Crippen LogP contribution in [0.25, 0.3) is 55.9 Å². The Morgan fingerprint density at radius 1 is 0.667 bits per heavy atom. The van der Waals surface area contributed by atoms with Gasteiger partial charge in [-0.25, -0.2) is 16.8 Å². The number of thiophene rings is 1. The third-order valence-electron chi connectivity index (χ3n) is 9.73. The van der Waals surface area contributed by atoms with Gasteiger partial charge >= 0.3 is 11.0 Å². The monoisotopic (exact) mass is 846 g/mol. The van der Waals surface area contributed by atoms with Gasteiger partial charge in [-0.2, -0.15) is 35.5 Å². The number of hydrogen-bond acceptors (Lipinski definition) is 7. The number of aryl methyl sites for hydroxylation is 1. The van der Waals surface area contributed by atoms with Crippen molar-refractivity contribution in [3.63, 3.8) is 0 Å². The predicted molar refractivity (Wildman–Crippen MR) is 202 cm³/mol. The van der Waals surface area contributed by atoms with Gasteiger partial charge in [0.1, 0.15) is 0 Å². The van der Waals surface area contributed by atoms with Crippen LogP contribution in [-0.4, -0.2) is 37.0 Å². The summed E-state index contributed by atoms with van der Waals surface area (Å²) in [5.41, 5.74) is 2.87. The summed E-state index contributed by atoms with van der Waals surface area (Å²) in [5.74, 6) is 0. The van der Waals surface area contributed by atoms with E-state index in [0.29, 0.717) is 0 Å². The molecule has 5 heterocycles. The fourth-order valence-corrected chi connectivity index (χ4v) is 7.93. The van der Waals surface area contributed by atoms with Crippen LogP contribution < -0.4 is 9.13 Å². The maximum Gasteiger partial charge on any atom is 0.485 e. The Morgan fingerprint density at radius 3 is 1.88 bits per heavy atom. The van der Waals surface area contributed by atoms with E-state index in [1.54, 1.807) is 0 Å². The molecule has 0 aliphatic carbocycles. The summed E-state index contributed by atoms with van der Waals surface area (Å²) < 4.78 is 123. The van der Waals surface area contributed by atoms with Crippen LogP contribution in [0.15, 0.2) is 97.2 Å². The molecule has 0 spiro atoms. The molecule has 0 fully saturated rings. The first-order valence-electron chi connectivity index (χ1n) is 17.1. The molecule has 2 aliphatic rings. The molecule has 0 N–H and O–H groups in total. The largest absolute Gasteiger partial charge is 0.741 e. The van der Waals surface area contributed by atoms with Crippen LogP contribution in [0.4, 0.5) is 26.3 Å². The van der Waals surface area contributed by atoms with Crippen LogP contribution in [0.3, 0.4) is 0 Å². The first-order valence-corrected chi connectivity index (χ1v) is 20.8. The Morgan fingerprint density at radius 2 is 1.25 bits per heavy atom. The van der Waals surface area contributed by atoms with Crippen molar-refractivity contribution in [1.29, 1.82) is 0 Å². The van der Waals surface area contributed by atoms with Crippen LogP contribution in [0.2, 0.25) is 0 Å². The van der Waals surface area contributed by atoms with Crippen molar-refractivity contribution in [2.75, 3.05) is 0 Å². The molecule has 0 saturated carbocycles. The van der Waals surface area contributed by atoms with E-state index in [1.165, 1.54) is 76.6 Å². The molecule has 0 atom stereocenters. The van der Waals surface area contributed by atoms with Crippen molar-refractivity contribution < 1.29 is 61.4 Å². The summed E-state index contributed by atoms with van der Waals surface area (Å²) in [5, 5.41) is 2.66. The van der Waals surface area contributed by atoms with Gasteiger partial charge in [0.25, 0.3) is 0 Å². The molecule has 8 rings (SSSR count). The molecule has 17 heteroatoms. The maximum atomic E-state index is 10.7. The predicted octanol–water partition coefficient (Wildman–Crippen LogP) is 8.48. The molecule has 6 aromatic rings. The van der Waals surface area contributed by atoms with E-state index in [9.17, 15) is 26.3 Å². The zero-order chi connectivity index (χ0) is 41.5. The highest BCUT2D eigenvalue weighted by atomic mass is 32.2. The van der Waals surface area contributed by atoms with E-state index in [-0.39, 0.29) is 0 Å². The highest BCUT2D eigenvalue weighted by molar-refractivity contribution is 7.86. The van der Waals surface area contributed by atoms with E-state index < -0.39 is 31.3 Å². The second kappa shape index (κ2) is 15.8. The van der Waals surface area contributed by atoms with Crippen LogP contribution in [0, 0.1) is 13.8 Å². The Hall–Kier alpha value is -4.94. The van der Waals surface area contributed by atoms with Crippen molar-refractivity contribution in [2.45, 2.75) is 50.8 Å². The molecular weight excluding hydrogens is 815 g/mol. The topological polar surface area (TPSA) is 122 Å². The molecule has 0 unspecified atom stereocenters. The highest BCUT2D eigenvalue weighted by Gasteiger charge is 2.39. The first kappa shape index (κ1) is 41.7. The van der Waals surface area contributed by atoms with Gasteiger partial charge < -0.3 is 9.11 Å². The molecule has 3 aromatic heterocycles. The lowest BCUT2D eigenvalue weighted by atomic mass is 9.79. The summed E-state index contributed by atoms with van der Waals surface area (Å²) in [6.07, 6.45) is 9.01. The Bertz CT molecular complexity index is 2710. The number of fused-ring (bicyclic) bond motifs is 9. The Balaban J connectivity index is 0.000000291. The van der Waals surface area contributed by atoms with E-state index in [0.717, 1.165) is 25.9 Å². The average Bonchev–Trinajstić information content (AvgIpc) is 3.64. The summed E-state index contributed by atoms with van der Waals surface area (Å²) in [7, 11) is -12.2. The molecule has 0 saturated heterocycles. The number of hydrogen-bond donors (Lipinski definition) is 0. The van der Waals surface area contributed by atoms with E-state index in [2.05, 4.69) is 132 Å². The Kier molecular flexibility index (Phi) is 11.5. The van der Waals surface area contributed by atoms with Crippen LogP contribution >= 0.6 is 11.3 Å². The summed E-state index contributed by atoms with van der Waals surface area (Å²) in [6.45, 7) is 6.72. The van der Waals surface area contributed by atoms with E-state index in [4.69, 9.17) is 25.9 Å². The number of pyridine rings is 2. The van der Waals surface area contributed by atoms with Gasteiger partial charge in [-0.3, -0.25) is 0 Å². The lowest BCUT2D eigenvalue weighted by Crippen LogP contribution is -2.45. The van der Waals surface area contributed by atoms with Crippen molar-refractivity contribution in [3.05, 3.63) is 130 Å². The van der Waals surface area contributed by atoms with E-state index >= 15 is 0 Å². The summed E-state index contributed by atoms with van der Waals surface area (Å²) >= 11 is 1.85. The van der Waals surface area contributed by atoms with Gasteiger partial charge in [0, 0.05) is 46.9 Å². The number of rotatable bonds is 3. The number of nitrogens with zero attached hydrogens (tertiary/aromatic N) is 2. The molecule has 0 amide bonds. The normalized spacial score (nSPS) is 13.7. The molecule has 8 nitrogen and oxygen atoms in total. The zero-order valence-electron chi connectivity index (χ0n) is 30.1. The third kappa shape index (κ3) is 8.67. The minimum absolute atomic E-state index is 0.997. The van der Waals surface area contributed by atoms with Crippen molar-refractivity contribution in [3.8, 4) is 33.0 Å². The molecular formula is C40H32F6N2O6S3. The highest BCUT2D eigenvalue weighted by Crippen LogP contribution is 2.44. The quantitative estimate of drug-likeness (QED) is 0.0763. The van der Waals surface area contributed by atoms with Crippen LogP contribution in [-0.2, 0) is 46.2 Å². The molecule has 298 valence electrons. The number of aromatic nitrogens is 2. The molecule has 0 radical (unpaired) electrons. The van der Waals surface area contributed by atoms with Crippen LogP contribution in [0.5, 0.6) is 0 Å². The van der Waals surface area contributed by atoms with Gasteiger partial charge in [0.05, 0.1) is 16.5 Å². The summed E-state index contributed by atoms with van der Waals surface area (Å²) in [4.78, 5) is 2.58. The van der Waals surface area contributed by atoms with Gasteiger partial charge in [0.2, 0.25) is 17.1 Å².